The van der Waals surface area contributed by atoms with Gasteiger partial charge in [0.25, 0.3) is 0 Å². The maximum Gasteiger partial charge on any atom is 0.0547 e. The number of benzene rings is 1. The predicted molar refractivity (Wildman–Crippen MR) is 85.3 cm³/mol. The summed E-state index contributed by atoms with van der Waals surface area (Å²) >= 11 is 5.99. The van der Waals surface area contributed by atoms with Crippen molar-refractivity contribution in [3.63, 3.8) is 0 Å². The molecule has 0 spiro atoms. The highest BCUT2D eigenvalue weighted by Gasteiger charge is 2.43. The van der Waals surface area contributed by atoms with Crippen LogP contribution in [0.5, 0.6) is 0 Å². The van der Waals surface area contributed by atoms with Crippen molar-refractivity contribution in [2.45, 2.75) is 63.5 Å². The van der Waals surface area contributed by atoms with Gasteiger partial charge in [-0.25, -0.2) is 0 Å². The highest BCUT2D eigenvalue weighted by Crippen LogP contribution is 2.47. The summed E-state index contributed by atoms with van der Waals surface area (Å²) in [5, 5.41) is 0.793. The van der Waals surface area contributed by atoms with Crippen LogP contribution in [-0.2, 0) is 10.2 Å². The van der Waals surface area contributed by atoms with Crippen LogP contribution in [0.4, 0.5) is 0 Å². The zero-order chi connectivity index (χ0) is 14.6. The summed E-state index contributed by atoms with van der Waals surface area (Å²) in [5.74, 6) is 0. The first-order valence-electron chi connectivity index (χ1n) is 7.71. The third-order valence-corrected chi connectivity index (χ3v) is 4.96. The summed E-state index contributed by atoms with van der Waals surface area (Å²) in [6.07, 6.45) is 6.01. The monoisotopic (exact) mass is 295 g/mol. The molecule has 3 heteroatoms. The molecule has 0 aliphatic heterocycles. The average molecular weight is 296 g/mol. The topological polar surface area (TPSA) is 35.2 Å². The highest BCUT2D eigenvalue weighted by molar-refractivity contribution is 6.30. The van der Waals surface area contributed by atoms with E-state index in [0.29, 0.717) is 6.10 Å². The Labute approximate surface area is 127 Å². The number of hydrogen-bond acceptors (Lipinski definition) is 2. The molecule has 0 aromatic heterocycles. The van der Waals surface area contributed by atoms with E-state index in [1.807, 2.05) is 19.1 Å². The summed E-state index contributed by atoms with van der Waals surface area (Å²) in [6.45, 7) is 4.95. The number of hydrogen-bond donors (Lipinski definition) is 1. The molecule has 1 aliphatic carbocycles. The van der Waals surface area contributed by atoms with E-state index in [9.17, 15) is 0 Å². The Kier molecular flexibility index (Phi) is 5.48. The molecule has 2 rings (SSSR count). The normalized spacial score (nSPS) is 20.2. The molecule has 112 valence electrons. The van der Waals surface area contributed by atoms with E-state index >= 15 is 0 Å². The average Bonchev–Trinajstić information content (AvgIpc) is 2.38. The first kappa shape index (κ1) is 15.8. The third kappa shape index (κ3) is 3.36. The van der Waals surface area contributed by atoms with Gasteiger partial charge in [0.2, 0.25) is 0 Å². The van der Waals surface area contributed by atoms with Crippen LogP contribution >= 0.6 is 11.6 Å². The molecule has 2 nitrogen and oxygen atoms in total. The van der Waals surface area contributed by atoms with Gasteiger partial charge in [0, 0.05) is 23.1 Å². The summed E-state index contributed by atoms with van der Waals surface area (Å²) in [5.41, 5.74) is 8.05. The lowest BCUT2D eigenvalue weighted by atomic mass is 9.59. The van der Waals surface area contributed by atoms with Crippen LogP contribution in [-0.4, -0.2) is 18.8 Å². The minimum atomic E-state index is 0.163. The standard InChI is InChI=1S/C17H26ClNO/c1-3-20-13(2)5-10-16(19)17(11-4-12-17)14-6-8-15(18)9-7-14/h6-9,13,16H,3-5,10-12,19H2,1-2H3. The van der Waals surface area contributed by atoms with Gasteiger partial charge in [-0.3, -0.25) is 0 Å². The number of rotatable bonds is 7. The molecule has 0 saturated heterocycles. The molecule has 2 N–H and O–H groups in total. The van der Waals surface area contributed by atoms with E-state index in [1.165, 1.54) is 24.8 Å². The number of nitrogens with two attached hydrogens (primary N) is 1. The largest absolute Gasteiger partial charge is 0.379 e. The molecular formula is C17H26ClNO. The Hall–Kier alpha value is -0.570. The molecular weight excluding hydrogens is 270 g/mol. The van der Waals surface area contributed by atoms with Gasteiger partial charge in [-0.2, -0.15) is 0 Å². The summed E-state index contributed by atoms with van der Waals surface area (Å²) in [7, 11) is 0. The predicted octanol–water partition coefficient (Wildman–Crippen LogP) is 4.29. The molecule has 1 saturated carbocycles. The SMILES string of the molecule is CCOC(C)CCC(N)C1(c2ccc(Cl)cc2)CCC1. The minimum absolute atomic E-state index is 0.163. The van der Waals surface area contributed by atoms with Gasteiger partial charge >= 0.3 is 0 Å². The fraction of sp³-hybridized carbons (Fsp3) is 0.647. The zero-order valence-electron chi connectivity index (χ0n) is 12.6. The van der Waals surface area contributed by atoms with Crippen LogP contribution in [0.3, 0.4) is 0 Å². The number of halogens is 1. The van der Waals surface area contributed by atoms with Crippen LogP contribution in [0.1, 0.15) is 51.5 Å². The molecule has 0 heterocycles. The van der Waals surface area contributed by atoms with Gasteiger partial charge < -0.3 is 10.5 Å². The van der Waals surface area contributed by atoms with Gasteiger partial charge in [-0.15, -0.1) is 0 Å². The van der Waals surface area contributed by atoms with Crippen molar-refractivity contribution in [2.24, 2.45) is 5.73 Å². The van der Waals surface area contributed by atoms with Crippen molar-refractivity contribution in [2.75, 3.05) is 6.61 Å². The lowest BCUT2D eigenvalue weighted by Gasteiger charge is -2.47. The van der Waals surface area contributed by atoms with E-state index < -0.39 is 0 Å². The van der Waals surface area contributed by atoms with Crippen molar-refractivity contribution >= 4 is 11.6 Å². The molecule has 20 heavy (non-hydrogen) atoms. The van der Waals surface area contributed by atoms with Crippen molar-refractivity contribution in [3.05, 3.63) is 34.9 Å². The van der Waals surface area contributed by atoms with Crippen molar-refractivity contribution in [1.82, 2.24) is 0 Å². The molecule has 1 aliphatic rings. The van der Waals surface area contributed by atoms with Crippen molar-refractivity contribution in [1.29, 1.82) is 0 Å². The Balaban J connectivity index is 2.01. The van der Waals surface area contributed by atoms with E-state index in [0.717, 1.165) is 24.5 Å². The van der Waals surface area contributed by atoms with Crippen LogP contribution < -0.4 is 5.73 Å². The van der Waals surface area contributed by atoms with Crippen molar-refractivity contribution < 1.29 is 4.74 Å². The Bertz CT molecular complexity index is 414. The second-order valence-electron chi connectivity index (χ2n) is 5.97. The summed E-state index contributed by atoms with van der Waals surface area (Å²) < 4.78 is 5.60. The van der Waals surface area contributed by atoms with E-state index in [-0.39, 0.29) is 11.5 Å². The molecule has 0 bridgehead atoms. The van der Waals surface area contributed by atoms with Gasteiger partial charge in [0.15, 0.2) is 0 Å². The second kappa shape index (κ2) is 6.93. The molecule has 2 unspecified atom stereocenters. The van der Waals surface area contributed by atoms with Gasteiger partial charge in [0.1, 0.15) is 0 Å². The Morgan fingerprint density at radius 3 is 2.40 bits per heavy atom. The molecule has 0 amide bonds. The van der Waals surface area contributed by atoms with E-state index in [2.05, 4.69) is 19.1 Å². The quantitative estimate of drug-likeness (QED) is 0.814. The van der Waals surface area contributed by atoms with Crippen LogP contribution in [0.25, 0.3) is 0 Å². The molecule has 1 aromatic carbocycles. The van der Waals surface area contributed by atoms with Gasteiger partial charge in [0.05, 0.1) is 6.10 Å². The fourth-order valence-corrected chi connectivity index (χ4v) is 3.40. The van der Waals surface area contributed by atoms with Crippen LogP contribution in [0.15, 0.2) is 24.3 Å². The molecule has 2 atom stereocenters. The highest BCUT2D eigenvalue weighted by atomic mass is 35.5. The molecule has 0 radical (unpaired) electrons. The third-order valence-electron chi connectivity index (χ3n) is 4.71. The molecule has 1 fully saturated rings. The Morgan fingerprint density at radius 1 is 1.25 bits per heavy atom. The van der Waals surface area contributed by atoms with Gasteiger partial charge in [-0.1, -0.05) is 30.2 Å². The number of ether oxygens (including phenoxy) is 1. The van der Waals surface area contributed by atoms with Gasteiger partial charge in [-0.05, 0) is 57.2 Å². The molecule has 1 aromatic rings. The summed E-state index contributed by atoms with van der Waals surface area (Å²) in [4.78, 5) is 0. The smallest absolute Gasteiger partial charge is 0.0547 e. The first-order chi connectivity index (χ1) is 9.58. The fourth-order valence-electron chi connectivity index (χ4n) is 3.27. The lowest BCUT2D eigenvalue weighted by molar-refractivity contribution is 0.0622. The maximum absolute atomic E-state index is 6.54. The lowest BCUT2D eigenvalue weighted by Crippen LogP contribution is -2.50. The maximum atomic E-state index is 6.54. The zero-order valence-corrected chi connectivity index (χ0v) is 13.3. The minimum Gasteiger partial charge on any atom is -0.379 e. The first-order valence-corrected chi connectivity index (χ1v) is 8.09. The summed E-state index contributed by atoms with van der Waals surface area (Å²) in [6, 6.07) is 8.46. The van der Waals surface area contributed by atoms with E-state index in [4.69, 9.17) is 22.1 Å². The van der Waals surface area contributed by atoms with Crippen LogP contribution in [0.2, 0.25) is 5.02 Å². The second-order valence-corrected chi connectivity index (χ2v) is 6.40. The van der Waals surface area contributed by atoms with E-state index in [1.54, 1.807) is 0 Å². The van der Waals surface area contributed by atoms with Crippen LogP contribution in [0, 0.1) is 0 Å². The van der Waals surface area contributed by atoms with Crippen molar-refractivity contribution in [3.8, 4) is 0 Å². The Morgan fingerprint density at radius 2 is 1.90 bits per heavy atom.